The molecule has 0 bridgehead atoms. The molecule has 1 atom stereocenters. The molecule has 2 heterocycles. The maximum atomic E-state index is 5.75. The van der Waals surface area contributed by atoms with E-state index < -0.39 is 0 Å². The van der Waals surface area contributed by atoms with E-state index in [-0.39, 0.29) is 0 Å². The minimum atomic E-state index is 0.539. The number of imidazole rings is 1. The highest BCUT2D eigenvalue weighted by molar-refractivity contribution is 5.18. The Labute approximate surface area is 78.1 Å². The summed E-state index contributed by atoms with van der Waals surface area (Å²) < 4.78 is 2.09. The van der Waals surface area contributed by atoms with Crippen molar-refractivity contribution < 1.29 is 0 Å². The minimum Gasteiger partial charge on any atom is -0.369 e. The van der Waals surface area contributed by atoms with Crippen LogP contribution in [0.5, 0.6) is 0 Å². The molecule has 0 aromatic carbocycles. The zero-order chi connectivity index (χ0) is 9.10. The minimum absolute atomic E-state index is 0.539. The third-order valence-electron chi connectivity index (χ3n) is 2.64. The first-order chi connectivity index (χ1) is 6.38. The molecule has 1 fully saturated rings. The van der Waals surface area contributed by atoms with Gasteiger partial charge in [0.1, 0.15) is 0 Å². The number of nitrogens with two attached hydrogens (primary N) is 1. The first-order valence-corrected chi connectivity index (χ1v) is 4.87. The largest absolute Gasteiger partial charge is 0.369 e. The number of anilines is 1. The molecule has 1 aliphatic rings. The number of hydrogen-bond acceptors (Lipinski definition) is 3. The summed E-state index contributed by atoms with van der Waals surface area (Å²) in [5.41, 5.74) is 5.75. The van der Waals surface area contributed by atoms with Crippen LogP contribution in [0.25, 0.3) is 0 Å². The number of nitrogens with one attached hydrogen (secondary N) is 1. The van der Waals surface area contributed by atoms with Crippen molar-refractivity contribution in [1.29, 1.82) is 0 Å². The maximum Gasteiger partial charge on any atom is 0.200 e. The average molecular weight is 180 g/mol. The lowest BCUT2D eigenvalue weighted by Gasteiger charge is -2.16. The Morgan fingerprint density at radius 2 is 2.38 bits per heavy atom. The predicted molar refractivity (Wildman–Crippen MR) is 52.4 cm³/mol. The molecule has 1 aromatic rings. The van der Waals surface area contributed by atoms with Crippen LogP contribution in [0.4, 0.5) is 5.95 Å². The Bertz CT molecular complexity index is 260. The summed E-state index contributed by atoms with van der Waals surface area (Å²) in [6.45, 7) is 2.22. The van der Waals surface area contributed by atoms with E-state index in [4.69, 9.17) is 5.73 Å². The van der Waals surface area contributed by atoms with E-state index in [0.29, 0.717) is 12.0 Å². The van der Waals surface area contributed by atoms with E-state index in [1.54, 1.807) is 6.20 Å². The molecule has 13 heavy (non-hydrogen) atoms. The molecule has 0 amide bonds. The fourth-order valence-electron chi connectivity index (χ4n) is 1.91. The zero-order valence-electron chi connectivity index (χ0n) is 7.74. The Hall–Kier alpha value is -1.03. The van der Waals surface area contributed by atoms with Crippen LogP contribution in [0, 0.1) is 0 Å². The van der Waals surface area contributed by atoms with Gasteiger partial charge < -0.3 is 15.6 Å². The molecule has 0 aliphatic carbocycles. The van der Waals surface area contributed by atoms with Crippen LogP contribution in [0.3, 0.4) is 0 Å². The number of aromatic nitrogens is 2. The van der Waals surface area contributed by atoms with Crippen molar-refractivity contribution in [3.05, 3.63) is 12.4 Å². The molecular formula is C9H16N4. The molecule has 1 saturated heterocycles. The lowest BCUT2D eigenvalue weighted by Crippen LogP contribution is -2.15. The van der Waals surface area contributed by atoms with Crippen molar-refractivity contribution in [1.82, 2.24) is 14.9 Å². The summed E-state index contributed by atoms with van der Waals surface area (Å²) in [5.74, 6) is 0.645. The smallest absolute Gasteiger partial charge is 0.200 e. The quantitative estimate of drug-likeness (QED) is 0.671. The van der Waals surface area contributed by atoms with Crippen molar-refractivity contribution in [3.8, 4) is 0 Å². The van der Waals surface area contributed by atoms with Crippen LogP contribution in [0.15, 0.2) is 12.4 Å². The molecule has 1 aliphatic heterocycles. The summed E-state index contributed by atoms with van der Waals surface area (Å²) in [6.07, 6.45) is 7.33. The van der Waals surface area contributed by atoms with E-state index >= 15 is 0 Å². The van der Waals surface area contributed by atoms with E-state index in [2.05, 4.69) is 14.9 Å². The third kappa shape index (κ3) is 1.83. The van der Waals surface area contributed by atoms with Gasteiger partial charge in [-0.1, -0.05) is 0 Å². The summed E-state index contributed by atoms with van der Waals surface area (Å²) in [7, 11) is 0. The first kappa shape index (κ1) is 8.56. The highest BCUT2D eigenvalue weighted by atomic mass is 15.2. The van der Waals surface area contributed by atoms with Crippen molar-refractivity contribution in [2.75, 3.05) is 18.8 Å². The number of rotatable bonds is 1. The van der Waals surface area contributed by atoms with Crippen molar-refractivity contribution >= 4 is 5.95 Å². The molecule has 2 rings (SSSR count). The summed E-state index contributed by atoms with van der Waals surface area (Å²) in [5, 5.41) is 3.38. The van der Waals surface area contributed by atoms with Crippen LogP contribution >= 0.6 is 0 Å². The normalized spacial score (nSPS) is 24.2. The average Bonchev–Trinajstić information content (AvgIpc) is 2.43. The van der Waals surface area contributed by atoms with Gasteiger partial charge in [0.15, 0.2) is 5.95 Å². The predicted octanol–water partition coefficient (Wildman–Crippen LogP) is 0.780. The van der Waals surface area contributed by atoms with Gasteiger partial charge in [0.2, 0.25) is 0 Å². The number of nitrogens with zero attached hydrogens (tertiary/aromatic N) is 2. The molecular weight excluding hydrogens is 164 g/mol. The molecule has 1 unspecified atom stereocenters. The van der Waals surface area contributed by atoms with E-state index in [9.17, 15) is 0 Å². The highest BCUT2D eigenvalue weighted by Crippen LogP contribution is 2.21. The van der Waals surface area contributed by atoms with Crippen LogP contribution in [0.2, 0.25) is 0 Å². The van der Waals surface area contributed by atoms with Gasteiger partial charge in [0.05, 0.1) is 0 Å². The third-order valence-corrected chi connectivity index (χ3v) is 2.64. The summed E-state index contributed by atoms with van der Waals surface area (Å²) in [4.78, 5) is 4.04. The molecule has 0 spiro atoms. The summed E-state index contributed by atoms with van der Waals surface area (Å²) >= 11 is 0. The van der Waals surface area contributed by atoms with E-state index in [0.717, 1.165) is 19.5 Å². The first-order valence-electron chi connectivity index (χ1n) is 4.87. The van der Waals surface area contributed by atoms with Crippen molar-refractivity contribution in [3.63, 3.8) is 0 Å². The van der Waals surface area contributed by atoms with Gasteiger partial charge in [-0.15, -0.1) is 0 Å². The zero-order valence-corrected chi connectivity index (χ0v) is 7.74. The van der Waals surface area contributed by atoms with Crippen LogP contribution in [-0.4, -0.2) is 22.6 Å². The van der Waals surface area contributed by atoms with Crippen LogP contribution in [-0.2, 0) is 0 Å². The van der Waals surface area contributed by atoms with E-state index in [1.165, 1.54) is 12.8 Å². The molecule has 4 heteroatoms. The molecule has 1 aromatic heterocycles. The fraction of sp³-hybridized carbons (Fsp3) is 0.667. The molecule has 3 N–H and O–H groups in total. The molecule has 72 valence electrons. The second-order valence-electron chi connectivity index (χ2n) is 3.53. The monoisotopic (exact) mass is 180 g/mol. The van der Waals surface area contributed by atoms with Crippen LogP contribution < -0.4 is 11.1 Å². The van der Waals surface area contributed by atoms with Crippen molar-refractivity contribution in [2.24, 2.45) is 0 Å². The van der Waals surface area contributed by atoms with Gasteiger partial charge in [-0.3, -0.25) is 0 Å². The SMILES string of the molecule is Nc1nccn1C1CCCNCC1. The Kier molecular flexibility index (Phi) is 2.49. The number of hydrogen-bond donors (Lipinski definition) is 2. The van der Waals surface area contributed by atoms with E-state index in [1.807, 2.05) is 6.20 Å². The van der Waals surface area contributed by atoms with Crippen molar-refractivity contribution in [2.45, 2.75) is 25.3 Å². The Morgan fingerprint density at radius 3 is 3.15 bits per heavy atom. The fourth-order valence-corrected chi connectivity index (χ4v) is 1.91. The van der Waals surface area contributed by atoms with Gasteiger partial charge in [0, 0.05) is 18.4 Å². The maximum absolute atomic E-state index is 5.75. The molecule has 0 radical (unpaired) electrons. The van der Waals surface area contributed by atoms with Gasteiger partial charge in [0.25, 0.3) is 0 Å². The standard InChI is InChI=1S/C9H16N4/c10-9-12-6-7-13(9)8-2-1-4-11-5-3-8/h6-8,11H,1-5H2,(H2,10,12). The second kappa shape index (κ2) is 3.79. The van der Waals surface area contributed by atoms with Gasteiger partial charge in [-0.25, -0.2) is 4.98 Å². The van der Waals surface area contributed by atoms with Crippen LogP contribution in [0.1, 0.15) is 25.3 Å². The molecule has 0 saturated carbocycles. The Balaban J connectivity index is 2.10. The highest BCUT2D eigenvalue weighted by Gasteiger charge is 2.14. The second-order valence-corrected chi connectivity index (χ2v) is 3.53. The number of nitrogen functional groups attached to an aromatic ring is 1. The lowest BCUT2D eigenvalue weighted by atomic mass is 10.1. The molecule has 4 nitrogen and oxygen atoms in total. The van der Waals surface area contributed by atoms with Gasteiger partial charge >= 0.3 is 0 Å². The van der Waals surface area contributed by atoms with Gasteiger partial charge in [-0.2, -0.15) is 0 Å². The summed E-state index contributed by atoms with van der Waals surface area (Å²) in [6, 6.07) is 0.539. The topological polar surface area (TPSA) is 55.9 Å². The lowest BCUT2D eigenvalue weighted by molar-refractivity contribution is 0.459. The van der Waals surface area contributed by atoms with Gasteiger partial charge in [-0.05, 0) is 32.4 Å². The Morgan fingerprint density at radius 1 is 1.46 bits per heavy atom.